The number of nitrogens with one attached hydrogen (secondary N) is 2. The highest BCUT2D eigenvalue weighted by atomic mass is 32.2. The minimum Gasteiger partial charge on any atom is -0.361 e. The Bertz CT molecular complexity index is 923. The maximum absolute atomic E-state index is 12.7. The van der Waals surface area contributed by atoms with E-state index < -0.39 is 6.04 Å². The fourth-order valence-electron chi connectivity index (χ4n) is 3.50. The molecule has 30 heavy (non-hydrogen) atoms. The number of aromatic nitrogens is 1. The second-order valence-electron chi connectivity index (χ2n) is 7.13. The van der Waals surface area contributed by atoms with Gasteiger partial charge in [-0.2, -0.15) is 0 Å². The summed E-state index contributed by atoms with van der Waals surface area (Å²) in [5.74, 6) is 0.652. The number of rotatable bonds is 7. The molecule has 0 saturated carbocycles. The minimum absolute atomic E-state index is 0.144. The molecule has 2 heterocycles. The molecule has 2 aromatic rings. The van der Waals surface area contributed by atoms with Crippen molar-refractivity contribution in [2.24, 2.45) is 0 Å². The maximum Gasteiger partial charge on any atom is 0.252 e. The van der Waals surface area contributed by atoms with Crippen LogP contribution < -0.4 is 10.6 Å². The zero-order valence-corrected chi connectivity index (χ0v) is 18.2. The van der Waals surface area contributed by atoms with Crippen LogP contribution in [-0.2, 0) is 15.3 Å². The van der Waals surface area contributed by atoms with Crippen LogP contribution in [-0.4, -0.2) is 54.0 Å². The van der Waals surface area contributed by atoms with Crippen molar-refractivity contribution in [2.45, 2.75) is 43.4 Å². The molecule has 1 aromatic carbocycles. The van der Waals surface area contributed by atoms with E-state index in [2.05, 4.69) is 15.8 Å². The molecule has 2 N–H and O–H groups in total. The first-order valence-corrected chi connectivity index (χ1v) is 10.8. The number of hydrogen-bond acceptors (Lipinski definition) is 6. The van der Waals surface area contributed by atoms with Crippen LogP contribution in [0.5, 0.6) is 0 Å². The number of aryl methyl sites for hydroxylation is 2. The number of likely N-dealkylation sites (tertiary alicyclic amines) is 1. The van der Waals surface area contributed by atoms with Gasteiger partial charge in [-0.05, 0) is 38.8 Å². The van der Waals surface area contributed by atoms with E-state index in [1.165, 1.54) is 16.7 Å². The summed E-state index contributed by atoms with van der Waals surface area (Å²) in [6.45, 7) is 4.14. The van der Waals surface area contributed by atoms with Crippen LogP contribution >= 0.6 is 11.8 Å². The molecule has 0 radical (unpaired) electrons. The summed E-state index contributed by atoms with van der Waals surface area (Å²) in [5, 5.41) is 9.25. The molecule has 9 heteroatoms. The first-order valence-electron chi connectivity index (χ1n) is 9.85. The maximum atomic E-state index is 12.7. The highest BCUT2D eigenvalue weighted by Gasteiger charge is 2.33. The Morgan fingerprint density at radius 3 is 2.73 bits per heavy atom. The van der Waals surface area contributed by atoms with Crippen molar-refractivity contribution in [3.63, 3.8) is 0 Å². The Balaban J connectivity index is 1.62. The lowest BCUT2D eigenvalue weighted by Crippen LogP contribution is -2.48. The topological polar surface area (TPSA) is 105 Å². The molecule has 1 aromatic heterocycles. The Morgan fingerprint density at radius 2 is 2.03 bits per heavy atom. The molecule has 1 atom stereocenters. The van der Waals surface area contributed by atoms with Gasteiger partial charge in [0.15, 0.2) is 0 Å². The zero-order chi connectivity index (χ0) is 21.7. The summed E-state index contributed by atoms with van der Waals surface area (Å²) in [6, 6.07) is 6.81. The lowest BCUT2D eigenvalue weighted by molar-refractivity contribution is -0.137. The van der Waals surface area contributed by atoms with Crippen LogP contribution in [0.1, 0.15) is 40.2 Å². The van der Waals surface area contributed by atoms with Crippen molar-refractivity contribution >= 4 is 29.5 Å². The van der Waals surface area contributed by atoms with Gasteiger partial charge in [-0.3, -0.25) is 14.4 Å². The highest BCUT2D eigenvalue weighted by molar-refractivity contribution is 7.98. The second kappa shape index (κ2) is 9.80. The van der Waals surface area contributed by atoms with E-state index in [0.29, 0.717) is 24.3 Å². The van der Waals surface area contributed by atoms with E-state index in [9.17, 15) is 14.4 Å². The molecular formula is C21H26N4O4S. The number of hydrogen-bond donors (Lipinski definition) is 2. The molecule has 3 rings (SSSR count). The number of thioether (sulfide) groups is 1. The van der Waals surface area contributed by atoms with Crippen molar-refractivity contribution in [2.75, 3.05) is 20.1 Å². The van der Waals surface area contributed by atoms with Crippen LogP contribution in [0.2, 0.25) is 0 Å². The first kappa shape index (κ1) is 21.9. The van der Waals surface area contributed by atoms with Gasteiger partial charge < -0.3 is 20.1 Å². The molecular weight excluding hydrogens is 404 g/mol. The van der Waals surface area contributed by atoms with Crippen molar-refractivity contribution in [1.29, 1.82) is 0 Å². The molecule has 0 bridgehead atoms. The van der Waals surface area contributed by atoms with Gasteiger partial charge in [0.05, 0.1) is 17.8 Å². The molecule has 8 nitrogen and oxygen atoms in total. The van der Waals surface area contributed by atoms with E-state index in [1.807, 2.05) is 26.0 Å². The third-order valence-electron chi connectivity index (χ3n) is 5.21. The second-order valence-corrected chi connectivity index (χ2v) is 8.15. The summed E-state index contributed by atoms with van der Waals surface area (Å²) in [4.78, 5) is 39.6. The smallest absolute Gasteiger partial charge is 0.252 e. The molecule has 1 aliphatic heterocycles. The minimum atomic E-state index is -0.461. The summed E-state index contributed by atoms with van der Waals surface area (Å²) >= 11 is 1.52. The summed E-state index contributed by atoms with van der Waals surface area (Å²) in [7, 11) is 1.56. The van der Waals surface area contributed by atoms with E-state index in [1.54, 1.807) is 19.2 Å². The first-order chi connectivity index (χ1) is 14.4. The average molecular weight is 431 g/mol. The monoisotopic (exact) mass is 430 g/mol. The van der Waals surface area contributed by atoms with Crippen LogP contribution in [0.3, 0.4) is 0 Å². The summed E-state index contributed by atoms with van der Waals surface area (Å²) in [6.07, 6.45) is 1.42. The Morgan fingerprint density at radius 1 is 1.27 bits per heavy atom. The third-order valence-corrected chi connectivity index (χ3v) is 6.31. The average Bonchev–Trinajstić information content (AvgIpc) is 3.37. The van der Waals surface area contributed by atoms with Crippen LogP contribution in [0, 0.1) is 13.8 Å². The molecule has 1 fully saturated rings. The zero-order valence-electron chi connectivity index (χ0n) is 17.4. The molecule has 1 aliphatic rings. The van der Waals surface area contributed by atoms with Gasteiger partial charge in [0.2, 0.25) is 11.8 Å². The SMILES string of the molecule is CNC(=O)C1CCCN1C(=O)CNC(=O)c1ccccc1SCc1c(C)noc1C. The number of nitrogens with zero attached hydrogens (tertiary/aromatic N) is 2. The number of carbonyl (C=O) groups excluding carboxylic acids is 3. The fourth-order valence-corrected chi connectivity index (χ4v) is 4.70. The quantitative estimate of drug-likeness (QED) is 0.652. The fraction of sp³-hybridized carbons (Fsp3) is 0.429. The van der Waals surface area contributed by atoms with Crippen LogP contribution in [0.15, 0.2) is 33.7 Å². The van der Waals surface area contributed by atoms with Gasteiger partial charge in [-0.15, -0.1) is 11.8 Å². The Labute approximate surface area is 179 Å². The van der Waals surface area contributed by atoms with E-state index >= 15 is 0 Å². The molecule has 160 valence electrons. The lowest BCUT2D eigenvalue weighted by Gasteiger charge is -2.23. The summed E-state index contributed by atoms with van der Waals surface area (Å²) < 4.78 is 5.20. The van der Waals surface area contributed by atoms with Crippen molar-refractivity contribution in [1.82, 2.24) is 20.7 Å². The lowest BCUT2D eigenvalue weighted by atomic mass is 10.2. The predicted molar refractivity (Wildman–Crippen MR) is 113 cm³/mol. The molecule has 0 aliphatic carbocycles. The third kappa shape index (κ3) is 4.84. The van der Waals surface area contributed by atoms with Gasteiger partial charge in [-0.1, -0.05) is 17.3 Å². The van der Waals surface area contributed by atoms with Gasteiger partial charge in [-0.25, -0.2) is 0 Å². The number of amides is 3. The number of carbonyl (C=O) groups is 3. The molecule has 1 saturated heterocycles. The van der Waals surface area contributed by atoms with Gasteiger partial charge in [0.25, 0.3) is 5.91 Å². The van der Waals surface area contributed by atoms with E-state index in [0.717, 1.165) is 28.3 Å². The van der Waals surface area contributed by atoms with Gasteiger partial charge in [0, 0.05) is 29.8 Å². The predicted octanol–water partition coefficient (Wildman–Crippen LogP) is 2.05. The van der Waals surface area contributed by atoms with Gasteiger partial charge in [0.1, 0.15) is 11.8 Å². The number of likely N-dealkylation sites (N-methyl/N-ethyl adjacent to an activating group) is 1. The Hall–Kier alpha value is -2.81. The number of benzene rings is 1. The van der Waals surface area contributed by atoms with Crippen LogP contribution in [0.25, 0.3) is 0 Å². The van der Waals surface area contributed by atoms with Crippen LogP contribution in [0.4, 0.5) is 0 Å². The highest BCUT2D eigenvalue weighted by Crippen LogP contribution is 2.28. The van der Waals surface area contributed by atoms with E-state index in [4.69, 9.17) is 4.52 Å². The Kier molecular flexibility index (Phi) is 7.15. The summed E-state index contributed by atoms with van der Waals surface area (Å²) in [5.41, 5.74) is 2.36. The van der Waals surface area contributed by atoms with Crippen molar-refractivity contribution in [3.8, 4) is 0 Å². The molecule has 1 unspecified atom stereocenters. The standard InChI is InChI=1S/C21H26N4O4S/c1-13-16(14(2)29-24-13)12-30-18-9-5-4-7-15(18)20(27)23-11-19(26)25-10-6-8-17(25)21(28)22-3/h4-5,7,9,17H,6,8,10-12H2,1-3H3,(H,22,28)(H,23,27). The normalized spacial score (nSPS) is 15.8. The van der Waals surface area contributed by atoms with Gasteiger partial charge >= 0.3 is 0 Å². The molecule has 0 spiro atoms. The van der Waals surface area contributed by atoms with E-state index in [-0.39, 0.29) is 24.3 Å². The molecule has 3 amide bonds. The van der Waals surface area contributed by atoms with Crippen molar-refractivity contribution < 1.29 is 18.9 Å². The largest absolute Gasteiger partial charge is 0.361 e. The van der Waals surface area contributed by atoms with Crippen molar-refractivity contribution in [3.05, 3.63) is 46.8 Å².